The number of carbonyl (C=O) groups excluding carboxylic acids is 2. The van der Waals surface area contributed by atoms with Crippen molar-refractivity contribution < 1.29 is 22.8 Å². The summed E-state index contributed by atoms with van der Waals surface area (Å²) in [4.78, 5) is 25.5. The molecule has 1 aromatic carbocycles. The lowest BCUT2D eigenvalue weighted by molar-refractivity contribution is -0.186. The van der Waals surface area contributed by atoms with Crippen LogP contribution in [0.3, 0.4) is 0 Å². The van der Waals surface area contributed by atoms with Crippen molar-refractivity contribution >= 4 is 11.8 Å². The van der Waals surface area contributed by atoms with Gasteiger partial charge in [-0.15, -0.1) is 0 Å². The van der Waals surface area contributed by atoms with Gasteiger partial charge in [0.25, 0.3) is 5.91 Å². The minimum absolute atomic E-state index is 0.101. The van der Waals surface area contributed by atoms with Crippen molar-refractivity contribution in [3.8, 4) is 0 Å². The first-order valence-electron chi connectivity index (χ1n) is 6.51. The Morgan fingerprint density at radius 1 is 0.952 bits per heavy atom. The van der Waals surface area contributed by atoms with E-state index in [1.54, 1.807) is 24.3 Å². The molecule has 0 radical (unpaired) electrons. The summed E-state index contributed by atoms with van der Waals surface area (Å²) in [6.07, 6.45) is -4.86. The highest BCUT2D eigenvalue weighted by Crippen LogP contribution is 2.20. The molecule has 4 nitrogen and oxygen atoms in total. The number of nitrogens with zero attached hydrogens (tertiary/aromatic N) is 2. The average Bonchev–Trinajstić information content (AvgIpc) is 2.46. The molecule has 1 aromatic rings. The Hall–Kier alpha value is -2.05. The van der Waals surface area contributed by atoms with Crippen LogP contribution in [0.5, 0.6) is 0 Å². The van der Waals surface area contributed by atoms with Crippen LogP contribution in [0.2, 0.25) is 0 Å². The number of alkyl halides is 3. The van der Waals surface area contributed by atoms with Gasteiger partial charge in [-0.25, -0.2) is 0 Å². The normalized spacial score (nSPS) is 16.0. The molecule has 1 aliphatic rings. The summed E-state index contributed by atoms with van der Waals surface area (Å²) < 4.78 is 37.0. The molecule has 1 aliphatic heterocycles. The van der Waals surface area contributed by atoms with E-state index < -0.39 is 12.1 Å². The fraction of sp³-hybridized carbons (Fsp3) is 0.429. The highest BCUT2D eigenvalue weighted by atomic mass is 19.4. The van der Waals surface area contributed by atoms with Crippen LogP contribution in [-0.2, 0) is 4.79 Å². The van der Waals surface area contributed by atoms with Gasteiger partial charge in [-0.1, -0.05) is 17.7 Å². The number of aryl methyl sites for hydroxylation is 1. The number of rotatable bonds is 1. The van der Waals surface area contributed by atoms with Crippen LogP contribution in [0, 0.1) is 6.92 Å². The van der Waals surface area contributed by atoms with Gasteiger partial charge in [0, 0.05) is 31.7 Å². The Labute approximate surface area is 120 Å². The van der Waals surface area contributed by atoms with Crippen LogP contribution in [0.25, 0.3) is 0 Å². The summed E-state index contributed by atoms with van der Waals surface area (Å²) in [6, 6.07) is 6.98. The van der Waals surface area contributed by atoms with E-state index in [0.717, 1.165) is 10.5 Å². The van der Waals surface area contributed by atoms with Gasteiger partial charge < -0.3 is 9.80 Å². The summed E-state index contributed by atoms with van der Waals surface area (Å²) >= 11 is 0. The lowest BCUT2D eigenvalue weighted by Gasteiger charge is -2.35. The van der Waals surface area contributed by atoms with Crippen LogP contribution in [0.4, 0.5) is 13.2 Å². The zero-order valence-electron chi connectivity index (χ0n) is 11.5. The number of benzene rings is 1. The number of piperazine rings is 1. The summed E-state index contributed by atoms with van der Waals surface area (Å²) in [5.74, 6) is -2.07. The molecule has 1 fully saturated rings. The highest BCUT2D eigenvalue weighted by molar-refractivity contribution is 5.94. The second-order valence-electron chi connectivity index (χ2n) is 4.95. The van der Waals surface area contributed by atoms with E-state index in [0.29, 0.717) is 5.56 Å². The van der Waals surface area contributed by atoms with E-state index >= 15 is 0 Å². The maximum atomic E-state index is 12.3. The number of carbonyl (C=O) groups is 2. The highest BCUT2D eigenvalue weighted by Gasteiger charge is 2.43. The standard InChI is InChI=1S/C14H15F3N2O2/c1-10-2-4-11(5-3-10)12(20)18-6-8-19(9-7-18)13(21)14(15,16)17/h2-5H,6-9H2,1H3. The Kier molecular flexibility index (Phi) is 4.20. The van der Waals surface area contributed by atoms with Crippen molar-refractivity contribution in [2.24, 2.45) is 0 Å². The molecular formula is C14H15F3N2O2. The third kappa shape index (κ3) is 3.53. The monoisotopic (exact) mass is 300 g/mol. The molecular weight excluding hydrogens is 285 g/mol. The smallest absolute Gasteiger partial charge is 0.335 e. The Morgan fingerprint density at radius 2 is 1.43 bits per heavy atom. The first kappa shape index (κ1) is 15.3. The van der Waals surface area contributed by atoms with Crippen LogP contribution >= 0.6 is 0 Å². The average molecular weight is 300 g/mol. The van der Waals surface area contributed by atoms with Crippen LogP contribution in [0.15, 0.2) is 24.3 Å². The Balaban J connectivity index is 1.96. The number of hydrogen-bond acceptors (Lipinski definition) is 2. The molecule has 1 saturated heterocycles. The predicted octanol–water partition coefficient (Wildman–Crippen LogP) is 1.84. The van der Waals surface area contributed by atoms with Gasteiger partial charge in [0.05, 0.1) is 0 Å². The molecule has 1 heterocycles. The summed E-state index contributed by atoms with van der Waals surface area (Å²) in [5, 5.41) is 0. The second-order valence-corrected chi connectivity index (χ2v) is 4.95. The summed E-state index contributed by atoms with van der Waals surface area (Å²) in [6.45, 7) is 1.91. The van der Waals surface area contributed by atoms with Crippen molar-refractivity contribution in [2.45, 2.75) is 13.1 Å². The minimum atomic E-state index is -4.86. The van der Waals surface area contributed by atoms with Gasteiger partial charge in [0.2, 0.25) is 0 Å². The van der Waals surface area contributed by atoms with E-state index in [4.69, 9.17) is 0 Å². The maximum Gasteiger partial charge on any atom is 0.471 e. The van der Waals surface area contributed by atoms with Gasteiger partial charge in [-0.05, 0) is 19.1 Å². The van der Waals surface area contributed by atoms with Crippen LogP contribution in [-0.4, -0.2) is 54.0 Å². The predicted molar refractivity (Wildman–Crippen MR) is 69.7 cm³/mol. The Morgan fingerprint density at radius 3 is 1.90 bits per heavy atom. The fourth-order valence-electron chi connectivity index (χ4n) is 2.17. The zero-order valence-corrected chi connectivity index (χ0v) is 11.5. The van der Waals surface area contributed by atoms with Gasteiger partial charge in [0.1, 0.15) is 0 Å². The lowest BCUT2D eigenvalue weighted by Crippen LogP contribution is -2.53. The van der Waals surface area contributed by atoms with Gasteiger partial charge in [-0.3, -0.25) is 9.59 Å². The molecule has 2 amide bonds. The van der Waals surface area contributed by atoms with E-state index in [9.17, 15) is 22.8 Å². The topological polar surface area (TPSA) is 40.6 Å². The molecule has 7 heteroatoms. The van der Waals surface area contributed by atoms with Crippen LogP contribution < -0.4 is 0 Å². The minimum Gasteiger partial charge on any atom is -0.335 e. The third-order valence-corrected chi connectivity index (χ3v) is 3.40. The fourth-order valence-corrected chi connectivity index (χ4v) is 2.17. The van der Waals surface area contributed by atoms with Crippen LogP contribution in [0.1, 0.15) is 15.9 Å². The first-order valence-corrected chi connectivity index (χ1v) is 6.51. The quantitative estimate of drug-likeness (QED) is 0.794. The van der Waals surface area contributed by atoms with Gasteiger partial charge in [-0.2, -0.15) is 13.2 Å². The van der Waals surface area contributed by atoms with Gasteiger partial charge in [0.15, 0.2) is 0 Å². The van der Waals surface area contributed by atoms with Crippen molar-refractivity contribution in [2.75, 3.05) is 26.2 Å². The van der Waals surface area contributed by atoms with E-state index in [2.05, 4.69) is 0 Å². The number of amides is 2. The summed E-state index contributed by atoms with van der Waals surface area (Å²) in [7, 11) is 0. The molecule has 0 bridgehead atoms. The third-order valence-electron chi connectivity index (χ3n) is 3.40. The Bertz CT molecular complexity index is 532. The SMILES string of the molecule is Cc1ccc(C(=O)N2CCN(C(=O)C(F)(F)F)CC2)cc1. The number of hydrogen-bond donors (Lipinski definition) is 0. The van der Waals surface area contributed by atoms with Crippen molar-refractivity contribution in [1.29, 1.82) is 0 Å². The molecule has 0 spiro atoms. The largest absolute Gasteiger partial charge is 0.471 e. The molecule has 2 rings (SSSR count). The van der Waals surface area contributed by atoms with Gasteiger partial charge >= 0.3 is 12.1 Å². The van der Waals surface area contributed by atoms with Crippen molar-refractivity contribution in [3.63, 3.8) is 0 Å². The molecule has 0 saturated carbocycles. The second kappa shape index (κ2) is 5.75. The molecule has 0 atom stereocenters. The zero-order chi connectivity index (χ0) is 15.6. The maximum absolute atomic E-state index is 12.3. The van der Waals surface area contributed by atoms with E-state index in [-0.39, 0.29) is 32.1 Å². The molecule has 114 valence electrons. The van der Waals surface area contributed by atoms with Crippen molar-refractivity contribution in [1.82, 2.24) is 9.80 Å². The number of halogens is 3. The van der Waals surface area contributed by atoms with E-state index in [1.165, 1.54) is 4.90 Å². The molecule has 0 aromatic heterocycles. The molecule has 0 N–H and O–H groups in total. The first-order chi connectivity index (χ1) is 9.79. The molecule has 21 heavy (non-hydrogen) atoms. The summed E-state index contributed by atoms with van der Waals surface area (Å²) in [5.41, 5.74) is 1.52. The van der Waals surface area contributed by atoms with E-state index in [1.807, 2.05) is 6.92 Å². The molecule has 0 aliphatic carbocycles. The molecule has 0 unspecified atom stereocenters. The van der Waals surface area contributed by atoms with Crippen molar-refractivity contribution in [3.05, 3.63) is 35.4 Å². The lowest BCUT2D eigenvalue weighted by atomic mass is 10.1.